The number of aliphatic hydroxyl groups is 1. The van der Waals surface area contributed by atoms with Crippen LogP contribution in [-0.2, 0) is 24.0 Å². The van der Waals surface area contributed by atoms with Crippen molar-refractivity contribution in [3.05, 3.63) is 0 Å². The molecule has 8 N–H and O–H groups in total. The molecule has 0 heterocycles. The minimum Gasteiger partial charge on any atom is -0.481 e. The van der Waals surface area contributed by atoms with Gasteiger partial charge in [0, 0.05) is 0 Å². The highest BCUT2D eigenvalue weighted by Crippen LogP contribution is 2.06. The predicted octanol–water partition coefficient (Wildman–Crippen LogP) is -2.23. The largest absolute Gasteiger partial charge is 0.481 e. The van der Waals surface area contributed by atoms with Crippen LogP contribution < -0.4 is 21.7 Å². The maximum atomic E-state index is 12.4. The van der Waals surface area contributed by atoms with Gasteiger partial charge < -0.3 is 37.0 Å². The van der Waals surface area contributed by atoms with Crippen molar-refractivity contribution >= 4 is 29.7 Å². The molecule has 0 saturated heterocycles. The van der Waals surface area contributed by atoms with Crippen molar-refractivity contribution in [3.8, 4) is 0 Å². The number of rotatable bonds is 12. The number of carbonyl (C=O) groups excluding carboxylic acids is 3. The average molecular weight is 418 g/mol. The Balaban J connectivity index is 5.04. The number of aliphatic hydroxyl groups excluding tert-OH is 1. The first kappa shape index (κ1) is 26.3. The zero-order valence-corrected chi connectivity index (χ0v) is 16.8. The monoisotopic (exact) mass is 418 g/mol. The van der Waals surface area contributed by atoms with Crippen LogP contribution in [0.2, 0.25) is 0 Å². The summed E-state index contributed by atoms with van der Waals surface area (Å²) in [5, 5.41) is 34.0. The number of carbonyl (C=O) groups is 5. The molecule has 0 rings (SSSR count). The third-order valence-corrected chi connectivity index (χ3v) is 4.37. The number of aliphatic carboxylic acids is 2. The van der Waals surface area contributed by atoms with Crippen molar-refractivity contribution < 1.29 is 39.3 Å². The number of amides is 3. The molecule has 12 heteroatoms. The summed E-state index contributed by atoms with van der Waals surface area (Å²) in [6, 6.07) is -5.25. The van der Waals surface area contributed by atoms with Gasteiger partial charge in [-0.05, 0) is 19.8 Å². The summed E-state index contributed by atoms with van der Waals surface area (Å²) in [5.41, 5.74) is 5.80. The second-order valence-electron chi connectivity index (χ2n) is 6.87. The van der Waals surface area contributed by atoms with E-state index >= 15 is 0 Å². The lowest BCUT2D eigenvalue weighted by Crippen LogP contribution is -2.59. The van der Waals surface area contributed by atoms with E-state index in [2.05, 4.69) is 10.6 Å². The second-order valence-corrected chi connectivity index (χ2v) is 6.87. The summed E-state index contributed by atoms with van der Waals surface area (Å²) < 4.78 is 0. The number of hydrogen-bond acceptors (Lipinski definition) is 7. The van der Waals surface area contributed by atoms with Gasteiger partial charge in [0.1, 0.15) is 18.1 Å². The molecule has 0 bridgehead atoms. The molecule has 0 aromatic rings. The third-order valence-electron chi connectivity index (χ3n) is 4.37. The molecule has 6 atom stereocenters. The molecule has 0 saturated carbocycles. The lowest BCUT2D eigenvalue weighted by atomic mass is 9.98. The van der Waals surface area contributed by atoms with Crippen molar-refractivity contribution in [1.82, 2.24) is 16.0 Å². The fourth-order valence-corrected chi connectivity index (χ4v) is 2.21. The molecule has 0 aliphatic heterocycles. The maximum absolute atomic E-state index is 12.4. The molecule has 0 fully saturated rings. The number of carboxylic acids is 2. The van der Waals surface area contributed by atoms with Gasteiger partial charge in [-0.2, -0.15) is 0 Å². The van der Waals surface area contributed by atoms with E-state index in [1.54, 1.807) is 6.92 Å². The van der Waals surface area contributed by atoms with Crippen LogP contribution in [-0.4, -0.2) is 75.3 Å². The summed E-state index contributed by atoms with van der Waals surface area (Å²) in [5.74, 6) is -5.63. The van der Waals surface area contributed by atoms with Gasteiger partial charge in [-0.1, -0.05) is 20.3 Å². The molecule has 0 radical (unpaired) electrons. The molecule has 0 aliphatic carbocycles. The highest BCUT2D eigenvalue weighted by Gasteiger charge is 2.32. The number of nitrogens with two attached hydrogens (primary N) is 1. The van der Waals surface area contributed by atoms with Crippen LogP contribution >= 0.6 is 0 Å². The Hall–Kier alpha value is -2.73. The Morgan fingerprint density at radius 3 is 1.86 bits per heavy atom. The number of carboxylic acid groups (broad SMARTS) is 2. The van der Waals surface area contributed by atoms with Gasteiger partial charge >= 0.3 is 11.9 Å². The maximum Gasteiger partial charge on any atom is 0.326 e. The van der Waals surface area contributed by atoms with Crippen molar-refractivity contribution in [2.75, 3.05) is 0 Å². The number of hydrogen-bond donors (Lipinski definition) is 7. The van der Waals surface area contributed by atoms with E-state index in [9.17, 15) is 29.1 Å². The highest BCUT2D eigenvalue weighted by atomic mass is 16.4. The summed E-state index contributed by atoms with van der Waals surface area (Å²) in [7, 11) is 0. The van der Waals surface area contributed by atoms with Crippen LogP contribution in [0.25, 0.3) is 0 Å². The first-order valence-corrected chi connectivity index (χ1v) is 9.11. The quantitative estimate of drug-likeness (QED) is 0.183. The van der Waals surface area contributed by atoms with Crippen LogP contribution in [0.1, 0.15) is 40.5 Å². The molecule has 166 valence electrons. The molecule has 6 unspecified atom stereocenters. The lowest BCUT2D eigenvalue weighted by Gasteiger charge is -2.26. The fourth-order valence-electron chi connectivity index (χ4n) is 2.21. The van der Waals surface area contributed by atoms with E-state index in [1.165, 1.54) is 13.8 Å². The number of nitrogens with one attached hydrogen (secondary N) is 3. The Bertz CT molecular complexity index is 625. The molecule has 29 heavy (non-hydrogen) atoms. The smallest absolute Gasteiger partial charge is 0.326 e. The zero-order chi connectivity index (χ0) is 22.9. The lowest BCUT2D eigenvalue weighted by molar-refractivity contribution is -0.147. The van der Waals surface area contributed by atoms with Crippen LogP contribution in [0.4, 0.5) is 0 Å². The Morgan fingerprint density at radius 2 is 1.45 bits per heavy atom. The van der Waals surface area contributed by atoms with E-state index in [0.29, 0.717) is 6.42 Å². The van der Waals surface area contributed by atoms with Crippen LogP contribution in [0.5, 0.6) is 0 Å². The summed E-state index contributed by atoms with van der Waals surface area (Å²) in [6.45, 7) is 6.09. The van der Waals surface area contributed by atoms with Crippen LogP contribution in [0.15, 0.2) is 0 Å². The Kier molecular flexibility index (Phi) is 10.8. The topological polar surface area (TPSA) is 208 Å². The van der Waals surface area contributed by atoms with Gasteiger partial charge in [0.05, 0.1) is 18.6 Å². The Morgan fingerprint density at radius 1 is 0.897 bits per heavy atom. The standard InChI is InChI=1S/C17H30N4O8/c1-5-7(2)12(18)15(26)21-13(9(4)22)16(27)19-8(3)14(25)20-10(17(28)29)6-11(23)24/h7-10,12-13,22H,5-6,18H2,1-4H3,(H,19,27)(H,20,25)(H,21,26)(H,23,24)(H,28,29). The summed E-state index contributed by atoms with van der Waals surface area (Å²) in [6.07, 6.45) is -1.53. The van der Waals surface area contributed by atoms with Crippen molar-refractivity contribution in [1.29, 1.82) is 0 Å². The van der Waals surface area contributed by atoms with Crippen LogP contribution in [0.3, 0.4) is 0 Å². The van der Waals surface area contributed by atoms with E-state index < -0.39 is 66.4 Å². The first-order chi connectivity index (χ1) is 13.3. The van der Waals surface area contributed by atoms with E-state index in [0.717, 1.165) is 0 Å². The minimum absolute atomic E-state index is 0.167. The van der Waals surface area contributed by atoms with Gasteiger partial charge in [0.25, 0.3) is 0 Å². The molecule has 12 nitrogen and oxygen atoms in total. The van der Waals surface area contributed by atoms with Gasteiger partial charge in [0.15, 0.2) is 0 Å². The van der Waals surface area contributed by atoms with E-state index in [1.807, 2.05) is 12.2 Å². The molecule has 0 aliphatic rings. The predicted molar refractivity (Wildman–Crippen MR) is 100 cm³/mol. The van der Waals surface area contributed by atoms with Gasteiger partial charge in [-0.25, -0.2) is 4.79 Å². The molecule has 0 spiro atoms. The van der Waals surface area contributed by atoms with Gasteiger partial charge in [-0.3, -0.25) is 19.2 Å². The van der Waals surface area contributed by atoms with Gasteiger partial charge in [0.2, 0.25) is 17.7 Å². The third kappa shape index (κ3) is 8.87. The van der Waals surface area contributed by atoms with E-state index in [4.69, 9.17) is 15.9 Å². The minimum atomic E-state index is -1.68. The Labute approximate surface area is 168 Å². The van der Waals surface area contributed by atoms with Gasteiger partial charge in [-0.15, -0.1) is 0 Å². The molecular weight excluding hydrogens is 388 g/mol. The normalized spacial score (nSPS) is 17.0. The molecule has 3 amide bonds. The second kappa shape index (κ2) is 12.0. The van der Waals surface area contributed by atoms with Crippen LogP contribution in [0, 0.1) is 5.92 Å². The average Bonchev–Trinajstić information content (AvgIpc) is 2.62. The van der Waals surface area contributed by atoms with Crippen molar-refractivity contribution in [3.63, 3.8) is 0 Å². The highest BCUT2D eigenvalue weighted by molar-refractivity contribution is 5.94. The first-order valence-electron chi connectivity index (χ1n) is 9.11. The van der Waals surface area contributed by atoms with Crippen molar-refractivity contribution in [2.45, 2.75) is 70.8 Å². The SMILES string of the molecule is CCC(C)C(N)C(=O)NC(C(=O)NC(C)C(=O)NC(CC(=O)O)C(=O)O)C(C)O. The molecule has 0 aromatic carbocycles. The zero-order valence-electron chi connectivity index (χ0n) is 16.8. The summed E-state index contributed by atoms with van der Waals surface area (Å²) in [4.78, 5) is 58.3. The molecular formula is C17H30N4O8. The van der Waals surface area contributed by atoms with E-state index in [-0.39, 0.29) is 5.92 Å². The molecule has 0 aromatic heterocycles. The fraction of sp³-hybridized carbons (Fsp3) is 0.706. The summed E-state index contributed by atoms with van der Waals surface area (Å²) >= 11 is 0. The van der Waals surface area contributed by atoms with Crippen molar-refractivity contribution in [2.24, 2.45) is 11.7 Å².